The third kappa shape index (κ3) is 2.18. The Hall–Kier alpha value is -1.09. The van der Waals surface area contributed by atoms with Gasteiger partial charge < -0.3 is 0 Å². The highest BCUT2D eigenvalue weighted by molar-refractivity contribution is 6.20. The Morgan fingerprint density at radius 1 is 1.54 bits per heavy atom. The summed E-state index contributed by atoms with van der Waals surface area (Å²) >= 11 is 5.80. The van der Waals surface area contributed by atoms with Gasteiger partial charge in [0.25, 0.3) is 5.69 Å². The van der Waals surface area contributed by atoms with Gasteiger partial charge in [0.1, 0.15) is 0 Å². The van der Waals surface area contributed by atoms with Gasteiger partial charge in [-0.25, -0.2) is 0 Å². The molecule has 1 atom stereocenters. The lowest BCUT2D eigenvalue weighted by atomic mass is 10.1. The average molecular weight is 200 g/mol. The van der Waals surface area contributed by atoms with Crippen LogP contribution in [-0.4, -0.2) is 4.92 Å². The molecule has 0 aliphatic rings. The van der Waals surface area contributed by atoms with Crippen LogP contribution in [-0.2, 0) is 0 Å². The summed E-state index contributed by atoms with van der Waals surface area (Å²) in [7, 11) is 0. The number of nitro benzene ring substituents is 1. The van der Waals surface area contributed by atoms with E-state index in [2.05, 4.69) is 0 Å². The number of nitrogens with zero attached hydrogens (tertiary/aromatic N) is 1. The second-order valence-electron chi connectivity index (χ2n) is 2.94. The second kappa shape index (κ2) is 3.75. The molecule has 1 unspecified atom stereocenters. The lowest BCUT2D eigenvalue weighted by Crippen LogP contribution is -1.96. The van der Waals surface area contributed by atoms with E-state index in [0.29, 0.717) is 5.56 Å². The van der Waals surface area contributed by atoms with Gasteiger partial charge in [0.05, 0.1) is 10.3 Å². The highest BCUT2D eigenvalue weighted by Crippen LogP contribution is 2.29. The van der Waals surface area contributed by atoms with Crippen molar-refractivity contribution in [2.45, 2.75) is 19.2 Å². The molecule has 70 valence electrons. The summed E-state index contributed by atoms with van der Waals surface area (Å²) in [5.41, 5.74) is 1.53. The van der Waals surface area contributed by atoms with Gasteiger partial charge in [0, 0.05) is 11.6 Å². The molecule has 0 radical (unpaired) electrons. The van der Waals surface area contributed by atoms with E-state index in [1.807, 2.05) is 13.0 Å². The van der Waals surface area contributed by atoms with E-state index < -0.39 is 4.92 Å². The molecule has 0 heterocycles. The van der Waals surface area contributed by atoms with Crippen molar-refractivity contribution in [3.63, 3.8) is 0 Å². The molecule has 1 rings (SSSR count). The molecule has 0 saturated heterocycles. The van der Waals surface area contributed by atoms with Gasteiger partial charge in [-0.05, 0) is 19.4 Å². The van der Waals surface area contributed by atoms with Gasteiger partial charge in [-0.1, -0.05) is 12.1 Å². The van der Waals surface area contributed by atoms with Crippen molar-refractivity contribution in [3.05, 3.63) is 39.4 Å². The quantitative estimate of drug-likeness (QED) is 0.417. The van der Waals surface area contributed by atoms with E-state index in [0.717, 1.165) is 5.56 Å². The second-order valence-corrected chi connectivity index (χ2v) is 3.59. The van der Waals surface area contributed by atoms with E-state index >= 15 is 0 Å². The predicted octanol–water partition coefficient (Wildman–Crippen LogP) is 3.20. The molecule has 0 bridgehead atoms. The molecule has 0 aliphatic carbocycles. The first kappa shape index (κ1) is 9.99. The number of aryl methyl sites for hydroxylation is 1. The Bertz CT molecular complexity index is 336. The predicted molar refractivity (Wildman–Crippen MR) is 52.1 cm³/mol. The van der Waals surface area contributed by atoms with Crippen LogP contribution in [0, 0.1) is 17.0 Å². The Morgan fingerprint density at radius 3 is 2.62 bits per heavy atom. The molecule has 0 saturated carbocycles. The number of rotatable bonds is 2. The molecule has 3 nitrogen and oxygen atoms in total. The topological polar surface area (TPSA) is 43.1 Å². The van der Waals surface area contributed by atoms with Crippen LogP contribution in [0.25, 0.3) is 0 Å². The first-order valence-corrected chi connectivity index (χ1v) is 4.35. The van der Waals surface area contributed by atoms with Gasteiger partial charge in [-0.3, -0.25) is 10.1 Å². The Balaban J connectivity index is 3.27. The number of halogens is 1. The van der Waals surface area contributed by atoms with Crippen molar-refractivity contribution in [1.82, 2.24) is 0 Å². The molecular formula is C9H10ClNO2. The van der Waals surface area contributed by atoms with Crippen molar-refractivity contribution in [2.24, 2.45) is 0 Å². The monoisotopic (exact) mass is 199 g/mol. The summed E-state index contributed by atoms with van der Waals surface area (Å²) in [6.07, 6.45) is 0. The molecule has 0 aromatic heterocycles. The van der Waals surface area contributed by atoms with Crippen molar-refractivity contribution in [2.75, 3.05) is 0 Å². The van der Waals surface area contributed by atoms with Crippen LogP contribution in [0.5, 0.6) is 0 Å². The van der Waals surface area contributed by atoms with Gasteiger partial charge in [-0.15, -0.1) is 11.6 Å². The summed E-state index contributed by atoms with van der Waals surface area (Å²) in [5, 5.41) is 10.3. The zero-order valence-corrected chi connectivity index (χ0v) is 8.21. The molecule has 13 heavy (non-hydrogen) atoms. The SMILES string of the molecule is Cc1ccc(C(C)Cl)c([N+](=O)[O-])c1. The van der Waals surface area contributed by atoms with Crippen molar-refractivity contribution in [3.8, 4) is 0 Å². The highest BCUT2D eigenvalue weighted by atomic mass is 35.5. The summed E-state index contributed by atoms with van der Waals surface area (Å²) in [6, 6.07) is 5.06. The third-order valence-corrected chi connectivity index (χ3v) is 2.05. The number of nitro groups is 1. The largest absolute Gasteiger partial charge is 0.274 e. The zero-order chi connectivity index (χ0) is 10.0. The maximum absolute atomic E-state index is 10.6. The van der Waals surface area contributed by atoms with Crippen LogP contribution in [0.2, 0.25) is 0 Å². The number of benzene rings is 1. The molecule has 0 aliphatic heterocycles. The van der Waals surface area contributed by atoms with Crippen LogP contribution < -0.4 is 0 Å². The van der Waals surface area contributed by atoms with Crippen LogP contribution in [0.4, 0.5) is 5.69 Å². The van der Waals surface area contributed by atoms with Crippen LogP contribution in [0.15, 0.2) is 18.2 Å². The summed E-state index contributed by atoms with van der Waals surface area (Å²) in [5.74, 6) is 0. The number of hydrogen-bond acceptors (Lipinski definition) is 2. The van der Waals surface area contributed by atoms with Gasteiger partial charge in [0.15, 0.2) is 0 Å². The molecule has 0 fully saturated rings. The molecule has 0 amide bonds. The minimum absolute atomic E-state index is 0.0995. The Morgan fingerprint density at radius 2 is 2.15 bits per heavy atom. The lowest BCUT2D eigenvalue weighted by Gasteiger charge is -2.04. The fourth-order valence-corrected chi connectivity index (χ4v) is 1.33. The number of alkyl halides is 1. The summed E-state index contributed by atoms with van der Waals surface area (Å²) in [4.78, 5) is 10.2. The molecular weight excluding hydrogens is 190 g/mol. The van der Waals surface area contributed by atoms with Gasteiger partial charge >= 0.3 is 0 Å². The van der Waals surface area contributed by atoms with Gasteiger partial charge in [0.2, 0.25) is 0 Å². The first-order chi connectivity index (χ1) is 6.02. The van der Waals surface area contributed by atoms with Crippen molar-refractivity contribution >= 4 is 17.3 Å². The average Bonchev–Trinajstić information content (AvgIpc) is 2.03. The molecule has 1 aromatic carbocycles. The maximum Gasteiger partial charge on any atom is 0.274 e. The normalized spacial score (nSPS) is 12.5. The highest BCUT2D eigenvalue weighted by Gasteiger charge is 2.16. The third-order valence-electron chi connectivity index (χ3n) is 1.81. The molecule has 0 N–H and O–H groups in total. The van der Waals surface area contributed by atoms with E-state index in [4.69, 9.17) is 11.6 Å². The van der Waals surface area contributed by atoms with Crippen LogP contribution in [0.1, 0.15) is 23.4 Å². The fraction of sp³-hybridized carbons (Fsp3) is 0.333. The first-order valence-electron chi connectivity index (χ1n) is 3.91. The molecule has 1 aromatic rings. The summed E-state index contributed by atoms with van der Waals surface area (Å²) < 4.78 is 0. The van der Waals surface area contributed by atoms with Crippen molar-refractivity contribution in [1.29, 1.82) is 0 Å². The molecule has 0 spiro atoms. The maximum atomic E-state index is 10.6. The van der Waals surface area contributed by atoms with Gasteiger partial charge in [-0.2, -0.15) is 0 Å². The van der Waals surface area contributed by atoms with Crippen LogP contribution >= 0.6 is 11.6 Å². The smallest absolute Gasteiger partial charge is 0.258 e. The van der Waals surface area contributed by atoms with E-state index in [-0.39, 0.29) is 11.1 Å². The molecule has 4 heteroatoms. The number of hydrogen-bond donors (Lipinski definition) is 0. The summed E-state index contributed by atoms with van der Waals surface area (Å²) in [6.45, 7) is 3.54. The zero-order valence-electron chi connectivity index (χ0n) is 7.45. The Kier molecular flexibility index (Phi) is 2.88. The standard InChI is InChI=1S/C9H10ClNO2/c1-6-3-4-8(7(2)10)9(5-6)11(12)13/h3-5,7H,1-2H3. The minimum atomic E-state index is -0.402. The minimum Gasteiger partial charge on any atom is -0.258 e. The van der Waals surface area contributed by atoms with E-state index in [1.54, 1.807) is 13.0 Å². The van der Waals surface area contributed by atoms with E-state index in [1.165, 1.54) is 6.07 Å². The Labute approximate surface area is 81.5 Å². The lowest BCUT2D eigenvalue weighted by molar-refractivity contribution is -0.385. The van der Waals surface area contributed by atoms with Crippen molar-refractivity contribution < 1.29 is 4.92 Å². The van der Waals surface area contributed by atoms with Crippen LogP contribution in [0.3, 0.4) is 0 Å². The fourth-order valence-electron chi connectivity index (χ4n) is 1.15. The van der Waals surface area contributed by atoms with E-state index in [9.17, 15) is 10.1 Å².